The molecule has 0 fully saturated rings. The molecule has 6 nitrogen and oxygen atoms in total. The summed E-state index contributed by atoms with van der Waals surface area (Å²) < 4.78 is 23.8. The minimum atomic E-state index is -0.326. The molecule has 2 aromatic carbocycles. The topological polar surface area (TPSA) is 77.1 Å². The Morgan fingerprint density at radius 2 is 1.81 bits per heavy atom. The van der Waals surface area contributed by atoms with Crippen LogP contribution in [0.25, 0.3) is 21.8 Å². The molecule has 0 aliphatic carbocycles. The van der Waals surface area contributed by atoms with E-state index in [9.17, 15) is 9.18 Å². The zero-order chi connectivity index (χ0) is 19.0. The third-order valence-corrected chi connectivity index (χ3v) is 4.33. The Bertz CT molecular complexity index is 1220. The third kappa shape index (κ3) is 3.19. The zero-order valence-electron chi connectivity index (χ0n) is 14.7. The van der Waals surface area contributed by atoms with Crippen molar-refractivity contribution >= 4 is 21.8 Å². The molecule has 4 aromatic rings. The Balaban J connectivity index is 1.75. The Labute approximate surface area is 153 Å². The van der Waals surface area contributed by atoms with Crippen LogP contribution in [0.15, 0.2) is 47.4 Å². The average molecular weight is 365 g/mol. The molecule has 0 unspecified atom stereocenters. The van der Waals surface area contributed by atoms with E-state index in [1.165, 1.54) is 26.4 Å². The number of nitrogens with one attached hydrogen (secondary N) is 1. The zero-order valence-corrected chi connectivity index (χ0v) is 14.7. The average Bonchev–Trinajstić information content (AvgIpc) is 2.67. The largest absolute Gasteiger partial charge is 0.493 e. The summed E-state index contributed by atoms with van der Waals surface area (Å²) in [5.41, 5.74) is 1.70. The van der Waals surface area contributed by atoms with E-state index in [0.29, 0.717) is 40.2 Å². The maximum atomic E-state index is 13.3. The lowest BCUT2D eigenvalue weighted by Gasteiger charge is -2.09. The van der Waals surface area contributed by atoms with Gasteiger partial charge in [0.1, 0.15) is 11.6 Å². The Hall–Kier alpha value is -3.48. The van der Waals surface area contributed by atoms with Gasteiger partial charge >= 0.3 is 0 Å². The van der Waals surface area contributed by atoms with E-state index in [0.717, 1.165) is 10.9 Å². The number of aromatic amines is 1. The molecular formula is C20H16FN3O3. The van der Waals surface area contributed by atoms with Gasteiger partial charge in [0.15, 0.2) is 11.5 Å². The second-order valence-electron chi connectivity index (χ2n) is 6.09. The van der Waals surface area contributed by atoms with E-state index in [1.54, 1.807) is 24.4 Å². The van der Waals surface area contributed by atoms with Crippen LogP contribution in [0, 0.1) is 5.82 Å². The summed E-state index contributed by atoms with van der Waals surface area (Å²) in [4.78, 5) is 24.1. The van der Waals surface area contributed by atoms with Crippen molar-refractivity contribution in [2.24, 2.45) is 0 Å². The lowest BCUT2D eigenvalue weighted by molar-refractivity contribution is 0.355. The smallest absolute Gasteiger partial charge is 0.258 e. The van der Waals surface area contributed by atoms with Gasteiger partial charge in [-0.25, -0.2) is 9.37 Å². The first-order valence-corrected chi connectivity index (χ1v) is 8.26. The van der Waals surface area contributed by atoms with Gasteiger partial charge in [0.05, 0.1) is 30.6 Å². The molecule has 0 spiro atoms. The Morgan fingerprint density at radius 1 is 1.04 bits per heavy atom. The second kappa shape index (κ2) is 6.68. The van der Waals surface area contributed by atoms with Crippen molar-refractivity contribution in [3.63, 3.8) is 0 Å². The molecule has 2 heterocycles. The molecule has 0 saturated carbocycles. The van der Waals surface area contributed by atoms with Crippen molar-refractivity contribution in [2.45, 2.75) is 6.42 Å². The van der Waals surface area contributed by atoms with Crippen LogP contribution in [0.3, 0.4) is 0 Å². The number of hydrogen-bond donors (Lipinski definition) is 1. The van der Waals surface area contributed by atoms with Gasteiger partial charge in [-0.05, 0) is 29.8 Å². The number of hydrogen-bond acceptors (Lipinski definition) is 5. The van der Waals surface area contributed by atoms with Crippen molar-refractivity contribution in [3.05, 3.63) is 70.2 Å². The molecule has 0 atom stereocenters. The highest BCUT2D eigenvalue weighted by molar-refractivity contribution is 5.82. The summed E-state index contributed by atoms with van der Waals surface area (Å²) in [6, 6.07) is 9.64. The lowest BCUT2D eigenvalue weighted by Crippen LogP contribution is -2.12. The number of aromatic nitrogens is 3. The molecular weight excluding hydrogens is 349 g/mol. The maximum Gasteiger partial charge on any atom is 0.258 e. The van der Waals surface area contributed by atoms with Crippen molar-refractivity contribution in [1.29, 1.82) is 0 Å². The molecule has 0 saturated heterocycles. The van der Waals surface area contributed by atoms with Crippen molar-refractivity contribution < 1.29 is 13.9 Å². The predicted octanol–water partition coefficient (Wildman–Crippen LogP) is 3.22. The quantitative estimate of drug-likeness (QED) is 0.601. The van der Waals surface area contributed by atoms with E-state index in [2.05, 4.69) is 15.0 Å². The fourth-order valence-electron chi connectivity index (χ4n) is 3.03. The molecule has 7 heteroatoms. The summed E-state index contributed by atoms with van der Waals surface area (Å²) in [6.45, 7) is 0. The fraction of sp³-hybridized carbons (Fsp3) is 0.150. The fourth-order valence-corrected chi connectivity index (χ4v) is 3.03. The molecule has 136 valence electrons. The van der Waals surface area contributed by atoms with Gasteiger partial charge < -0.3 is 14.5 Å². The minimum Gasteiger partial charge on any atom is -0.493 e. The second-order valence-corrected chi connectivity index (χ2v) is 6.09. The molecule has 0 aliphatic heterocycles. The summed E-state index contributed by atoms with van der Waals surface area (Å²) >= 11 is 0. The SMILES string of the molecule is COc1cc2nc(Cc3cnc4cc(F)ccc4c3)[nH]c(=O)c2cc1OC. The number of fused-ring (bicyclic) bond motifs is 2. The van der Waals surface area contributed by atoms with Gasteiger partial charge in [-0.15, -0.1) is 0 Å². The number of halogens is 1. The van der Waals surface area contributed by atoms with Crippen LogP contribution in [0.1, 0.15) is 11.4 Å². The van der Waals surface area contributed by atoms with Gasteiger partial charge in [0.2, 0.25) is 0 Å². The molecule has 27 heavy (non-hydrogen) atoms. The predicted molar refractivity (Wildman–Crippen MR) is 100.0 cm³/mol. The number of pyridine rings is 1. The van der Waals surface area contributed by atoms with Crippen molar-refractivity contribution in [2.75, 3.05) is 14.2 Å². The highest BCUT2D eigenvalue weighted by atomic mass is 19.1. The number of ether oxygens (including phenoxy) is 2. The van der Waals surface area contributed by atoms with Crippen LogP contribution < -0.4 is 15.0 Å². The Kier molecular flexibility index (Phi) is 4.19. The van der Waals surface area contributed by atoms with Crippen LogP contribution in [-0.4, -0.2) is 29.2 Å². The van der Waals surface area contributed by atoms with Gasteiger partial charge in [-0.3, -0.25) is 9.78 Å². The van der Waals surface area contributed by atoms with Gasteiger partial charge in [-0.1, -0.05) is 0 Å². The molecule has 0 radical (unpaired) electrons. The van der Waals surface area contributed by atoms with E-state index in [4.69, 9.17) is 9.47 Å². The number of nitrogens with zero attached hydrogens (tertiary/aromatic N) is 2. The maximum absolute atomic E-state index is 13.3. The van der Waals surface area contributed by atoms with Crippen LogP contribution in [0.5, 0.6) is 11.5 Å². The van der Waals surface area contributed by atoms with Crippen molar-refractivity contribution in [1.82, 2.24) is 15.0 Å². The molecule has 2 aromatic heterocycles. The van der Waals surface area contributed by atoms with E-state index < -0.39 is 0 Å². The van der Waals surface area contributed by atoms with Gasteiger partial charge in [-0.2, -0.15) is 0 Å². The van der Waals surface area contributed by atoms with Gasteiger partial charge in [0, 0.05) is 30.1 Å². The highest BCUT2D eigenvalue weighted by Gasteiger charge is 2.11. The highest BCUT2D eigenvalue weighted by Crippen LogP contribution is 2.30. The standard InChI is InChI=1S/C20H16FN3O3/c1-26-17-8-14-16(9-18(17)27-2)23-19(24-20(14)25)6-11-5-12-3-4-13(21)7-15(12)22-10-11/h3-5,7-10H,6H2,1-2H3,(H,23,24,25). The summed E-state index contributed by atoms with van der Waals surface area (Å²) in [5.74, 6) is 1.15. The van der Waals surface area contributed by atoms with Crippen LogP contribution >= 0.6 is 0 Å². The normalized spacial score (nSPS) is 11.1. The molecule has 4 rings (SSSR count). The first kappa shape index (κ1) is 17.0. The number of H-pyrrole nitrogens is 1. The van der Waals surface area contributed by atoms with E-state index >= 15 is 0 Å². The number of methoxy groups -OCH3 is 2. The van der Waals surface area contributed by atoms with E-state index in [1.807, 2.05) is 6.07 Å². The van der Waals surface area contributed by atoms with Crippen LogP contribution in [-0.2, 0) is 6.42 Å². The molecule has 1 N–H and O–H groups in total. The first-order valence-electron chi connectivity index (χ1n) is 8.26. The van der Waals surface area contributed by atoms with Crippen LogP contribution in [0.2, 0.25) is 0 Å². The first-order chi connectivity index (χ1) is 13.1. The van der Waals surface area contributed by atoms with Crippen LogP contribution in [0.4, 0.5) is 4.39 Å². The number of rotatable bonds is 4. The van der Waals surface area contributed by atoms with Gasteiger partial charge in [0.25, 0.3) is 5.56 Å². The lowest BCUT2D eigenvalue weighted by atomic mass is 10.1. The molecule has 0 amide bonds. The molecule has 0 bridgehead atoms. The summed E-state index contributed by atoms with van der Waals surface area (Å²) in [5, 5.41) is 1.24. The summed E-state index contributed by atoms with van der Waals surface area (Å²) in [6.07, 6.45) is 2.04. The van der Waals surface area contributed by atoms with E-state index in [-0.39, 0.29) is 11.4 Å². The third-order valence-electron chi connectivity index (χ3n) is 4.33. The summed E-state index contributed by atoms with van der Waals surface area (Å²) in [7, 11) is 3.04. The molecule has 0 aliphatic rings. The minimum absolute atomic E-state index is 0.258. The monoisotopic (exact) mass is 365 g/mol. The Morgan fingerprint density at radius 3 is 2.59 bits per heavy atom. The number of benzene rings is 2. The van der Waals surface area contributed by atoms with Crippen molar-refractivity contribution in [3.8, 4) is 11.5 Å².